The molecule has 0 saturated heterocycles. The van der Waals surface area contributed by atoms with Gasteiger partial charge in [-0.2, -0.15) is 0 Å². The van der Waals surface area contributed by atoms with Crippen LogP contribution in [0.25, 0.3) is 0 Å². The first-order chi connectivity index (χ1) is 8.97. The van der Waals surface area contributed by atoms with Gasteiger partial charge in [-0.1, -0.05) is 11.6 Å². The summed E-state index contributed by atoms with van der Waals surface area (Å²) in [7, 11) is 0. The van der Waals surface area contributed by atoms with Crippen molar-refractivity contribution in [1.29, 1.82) is 0 Å². The molecule has 6 heteroatoms. The monoisotopic (exact) mass is 280 g/mol. The number of carboxylic acid groups (broad SMARTS) is 1. The number of rotatable bonds is 3. The summed E-state index contributed by atoms with van der Waals surface area (Å²) in [5, 5.41) is 12.1. The molecule has 2 rings (SSSR count). The first-order valence-electron chi connectivity index (χ1n) is 5.32. The van der Waals surface area contributed by atoms with E-state index in [4.69, 9.17) is 22.4 Å². The number of nitrogens with one attached hydrogen (secondary N) is 1. The van der Waals surface area contributed by atoms with Crippen molar-refractivity contribution in [3.8, 4) is 0 Å². The summed E-state index contributed by atoms with van der Waals surface area (Å²) in [6, 6.07) is 8.06. The molecule has 0 aromatic heterocycles. The molecule has 0 radical (unpaired) electrons. The molecule has 0 atom stereocenters. The van der Waals surface area contributed by atoms with E-state index >= 15 is 0 Å². The quantitative estimate of drug-likeness (QED) is 0.752. The number of halogens is 2. The third kappa shape index (κ3) is 2.95. The van der Waals surface area contributed by atoms with Gasteiger partial charge in [-0.15, -0.1) is 0 Å². The molecule has 4 nitrogen and oxygen atoms in total. The second kappa shape index (κ2) is 5.16. The highest BCUT2D eigenvalue weighted by Crippen LogP contribution is 2.29. The number of hydrogen-bond donors (Lipinski definition) is 3. The molecule has 4 N–H and O–H groups in total. The number of nitrogen functional groups attached to an aromatic ring is 1. The fourth-order valence-electron chi connectivity index (χ4n) is 1.59. The Balaban J connectivity index is 2.45. The normalized spacial score (nSPS) is 10.2. The summed E-state index contributed by atoms with van der Waals surface area (Å²) in [5.41, 5.74) is 6.54. The standard InChI is InChI=1S/C13H10ClFN2O2/c14-10-4-1-7(15)5-12(10)17-11-6-8(16)2-3-9(11)13(18)19/h1-6,17H,16H2,(H,18,19). The fourth-order valence-corrected chi connectivity index (χ4v) is 1.75. The van der Waals surface area contributed by atoms with Crippen LogP contribution in [0.4, 0.5) is 21.5 Å². The number of carbonyl (C=O) groups is 1. The summed E-state index contributed by atoms with van der Waals surface area (Å²) >= 11 is 5.91. The van der Waals surface area contributed by atoms with Crippen LogP contribution >= 0.6 is 11.6 Å². The SMILES string of the molecule is Nc1ccc(C(=O)O)c(Nc2cc(F)ccc2Cl)c1. The number of hydrogen-bond acceptors (Lipinski definition) is 3. The summed E-state index contributed by atoms with van der Waals surface area (Å²) in [5.74, 6) is -1.59. The zero-order valence-electron chi connectivity index (χ0n) is 9.65. The third-order valence-corrected chi connectivity index (χ3v) is 2.80. The maximum absolute atomic E-state index is 13.1. The van der Waals surface area contributed by atoms with Crippen molar-refractivity contribution in [2.24, 2.45) is 0 Å². The van der Waals surface area contributed by atoms with E-state index in [1.165, 1.54) is 36.4 Å². The van der Waals surface area contributed by atoms with Crippen LogP contribution in [0.15, 0.2) is 36.4 Å². The van der Waals surface area contributed by atoms with Gasteiger partial charge in [0.15, 0.2) is 0 Å². The molecule has 2 aromatic rings. The Hall–Kier alpha value is -2.27. The first-order valence-corrected chi connectivity index (χ1v) is 5.70. The molecule has 0 aliphatic carbocycles. The van der Waals surface area contributed by atoms with Crippen molar-refractivity contribution < 1.29 is 14.3 Å². The molecule has 98 valence electrons. The molecule has 0 bridgehead atoms. The lowest BCUT2D eigenvalue weighted by Crippen LogP contribution is -2.04. The molecule has 0 amide bonds. The van der Waals surface area contributed by atoms with Gasteiger partial charge in [0, 0.05) is 5.69 Å². The minimum Gasteiger partial charge on any atom is -0.478 e. The number of carboxylic acids is 1. The van der Waals surface area contributed by atoms with E-state index in [1.54, 1.807) is 0 Å². The van der Waals surface area contributed by atoms with Gasteiger partial charge in [-0.3, -0.25) is 0 Å². The summed E-state index contributed by atoms with van der Waals surface area (Å²) in [6.07, 6.45) is 0. The van der Waals surface area contributed by atoms with Crippen molar-refractivity contribution in [3.63, 3.8) is 0 Å². The van der Waals surface area contributed by atoms with Crippen LogP contribution in [0.3, 0.4) is 0 Å². The minimum atomic E-state index is -1.12. The molecular weight excluding hydrogens is 271 g/mol. The van der Waals surface area contributed by atoms with Gasteiger partial charge >= 0.3 is 5.97 Å². The zero-order chi connectivity index (χ0) is 14.0. The predicted molar refractivity (Wildman–Crippen MR) is 72.5 cm³/mol. The van der Waals surface area contributed by atoms with Gasteiger partial charge in [0.25, 0.3) is 0 Å². The van der Waals surface area contributed by atoms with E-state index in [-0.39, 0.29) is 22.0 Å². The van der Waals surface area contributed by atoms with Gasteiger partial charge in [0.05, 0.1) is 22.0 Å². The second-order valence-corrected chi connectivity index (χ2v) is 4.27. The number of benzene rings is 2. The largest absolute Gasteiger partial charge is 0.478 e. The smallest absolute Gasteiger partial charge is 0.337 e. The maximum Gasteiger partial charge on any atom is 0.337 e. The van der Waals surface area contributed by atoms with Crippen LogP contribution in [0, 0.1) is 5.82 Å². The van der Waals surface area contributed by atoms with E-state index in [2.05, 4.69) is 5.32 Å². The zero-order valence-corrected chi connectivity index (χ0v) is 10.4. The minimum absolute atomic E-state index is 0.0227. The highest BCUT2D eigenvalue weighted by molar-refractivity contribution is 6.33. The van der Waals surface area contributed by atoms with Gasteiger partial charge < -0.3 is 16.2 Å². The van der Waals surface area contributed by atoms with Gasteiger partial charge in [0.2, 0.25) is 0 Å². The van der Waals surface area contributed by atoms with E-state index in [1.807, 2.05) is 0 Å². The van der Waals surface area contributed by atoms with E-state index in [0.29, 0.717) is 5.69 Å². The average Bonchev–Trinajstić information content (AvgIpc) is 2.33. The van der Waals surface area contributed by atoms with Crippen LogP contribution in [0.1, 0.15) is 10.4 Å². The van der Waals surface area contributed by atoms with E-state index in [0.717, 1.165) is 0 Å². The van der Waals surface area contributed by atoms with E-state index < -0.39 is 11.8 Å². The van der Waals surface area contributed by atoms with E-state index in [9.17, 15) is 9.18 Å². The molecule has 0 saturated carbocycles. The van der Waals surface area contributed by atoms with Crippen molar-refractivity contribution >= 4 is 34.6 Å². The fraction of sp³-hybridized carbons (Fsp3) is 0. The number of anilines is 3. The van der Waals surface area contributed by atoms with Gasteiger partial charge in [-0.05, 0) is 36.4 Å². The molecule has 0 spiro atoms. The molecule has 2 aromatic carbocycles. The molecule has 0 aliphatic rings. The lowest BCUT2D eigenvalue weighted by atomic mass is 10.1. The van der Waals surface area contributed by atoms with Crippen molar-refractivity contribution in [2.75, 3.05) is 11.1 Å². The molecule has 0 unspecified atom stereocenters. The molecule has 0 fully saturated rings. The average molecular weight is 281 g/mol. The number of nitrogens with two attached hydrogens (primary N) is 1. The molecule has 0 heterocycles. The van der Waals surface area contributed by atoms with Crippen LogP contribution < -0.4 is 11.1 Å². The summed E-state index contributed by atoms with van der Waals surface area (Å²) < 4.78 is 13.1. The van der Waals surface area contributed by atoms with Gasteiger partial charge in [-0.25, -0.2) is 9.18 Å². The Bertz CT molecular complexity index is 647. The lowest BCUT2D eigenvalue weighted by Gasteiger charge is -2.12. The topological polar surface area (TPSA) is 75.4 Å². The first kappa shape index (κ1) is 13.2. The summed E-state index contributed by atoms with van der Waals surface area (Å²) in [4.78, 5) is 11.1. The Kier molecular flexibility index (Phi) is 3.57. The van der Waals surface area contributed by atoms with Crippen molar-refractivity contribution in [2.45, 2.75) is 0 Å². The number of aromatic carboxylic acids is 1. The third-order valence-electron chi connectivity index (χ3n) is 2.47. The molecular formula is C13H10ClFN2O2. The van der Waals surface area contributed by atoms with Crippen molar-refractivity contribution in [1.82, 2.24) is 0 Å². The molecule has 0 aliphatic heterocycles. The van der Waals surface area contributed by atoms with Crippen LogP contribution in [-0.4, -0.2) is 11.1 Å². The highest BCUT2D eigenvalue weighted by Gasteiger charge is 2.12. The molecule has 19 heavy (non-hydrogen) atoms. The summed E-state index contributed by atoms with van der Waals surface area (Å²) in [6.45, 7) is 0. The predicted octanol–water partition coefficient (Wildman–Crippen LogP) is 3.50. The van der Waals surface area contributed by atoms with Gasteiger partial charge in [0.1, 0.15) is 5.82 Å². The Labute approximate surface area is 113 Å². The second-order valence-electron chi connectivity index (χ2n) is 3.86. The Morgan fingerprint density at radius 3 is 2.63 bits per heavy atom. The van der Waals surface area contributed by atoms with Crippen LogP contribution in [0.2, 0.25) is 5.02 Å². The highest BCUT2D eigenvalue weighted by atomic mass is 35.5. The Morgan fingerprint density at radius 2 is 1.95 bits per heavy atom. The lowest BCUT2D eigenvalue weighted by molar-refractivity contribution is 0.0698. The maximum atomic E-state index is 13.1. The van der Waals surface area contributed by atoms with Crippen LogP contribution in [-0.2, 0) is 0 Å². The van der Waals surface area contributed by atoms with Crippen molar-refractivity contribution in [3.05, 3.63) is 52.8 Å². The van der Waals surface area contributed by atoms with Crippen LogP contribution in [0.5, 0.6) is 0 Å². The Morgan fingerprint density at radius 1 is 1.21 bits per heavy atom.